The fraction of sp³-hybridized carbons (Fsp3) is 0.250. The fourth-order valence-corrected chi connectivity index (χ4v) is 1.75. The zero-order valence-corrected chi connectivity index (χ0v) is 9.65. The van der Waals surface area contributed by atoms with Crippen LogP contribution in [0.4, 0.5) is 5.69 Å². The average molecular weight is 240 g/mol. The maximum absolute atomic E-state index is 10.6. The lowest BCUT2D eigenvalue weighted by molar-refractivity contribution is 0.112. The minimum absolute atomic E-state index is 0.0413. The van der Waals surface area contributed by atoms with Gasteiger partial charge >= 0.3 is 0 Å². The highest BCUT2D eigenvalue weighted by atomic mass is 35.5. The molecule has 0 aliphatic carbocycles. The van der Waals surface area contributed by atoms with E-state index in [0.29, 0.717) is 23.7 Å². The predicted octanol–water partition coefficient (Wildman–Crippen LogP) is 2.14. The number of halogens is 1. The van der Waals surface area contributed by atoms with Crippen LogP contribution in [0.3, 0.4) is 0 Å². The van der Waals surface area contributed by atoms with Gasteiger partial charge in [-0.05, 0) is 18.2 Å². The largest absolute Gasteiger partial charge is 0.395 e. The number of hydrogen-bond donors (Lipinski definition) is 1. The molecule has 4 heteroatoms. The minimum atomic E-state index is 0.0413. The number of aliphatic hydroxyl groups is 1. The van der Waals surface area contributed by atoms with Gasteiger partial charge in [0.1, 0.15) is 6.29 Å². The van der Waals surface area contributed by atoms with Crippen LogP contribution >= 0.6 is 11.6 Å². The van der Waals surface area contributed by atoms with Crippen molar-refractivity contribution in [3.05, 3.63) is 41.4 Å². The van der Waals surface area contributed by atoms with E-state index in [1.165, 1.54) is 0 Å². The second-order valence-corrected chi connectivity index (χ2v) is 3.69. The highest BCUT2D eigenvalue weighted by Gasteiger charge is 2.08. The average Bonchev–Trinajstić information content (AvgIpc) is 2.29. The van der Waals surface area contributed by atoms with Crippen molar-refractivity contribution in [2.24, 2.45) is 0 Å². The minimum Gasteiger partial charge on any atom is -0.395 e. The van der Waals surface area contributed by atoms with Gasteiger partial charge in [0, 0.05) is 18.7 Å². The standard InChI is InChI=1S/C12H14ClNO2/c1-2-5-14(6-7-15)12-4-3-10(9-16)8-11(12)13/h2-4,8-9,15H,1,5-7H2. The van der Waals surface area contributed by atoms with Crippen LogP contribution in [-0.4, -0.2) is 31.1 Å². The number of carbonyl (C=O) groups is 1. The monoisotopic (exact) mass is 239 g/mol. The first-order valence-corrected chi connectivity index (χ1v) is 5.32. The van der Waals surface area contributed by atoms with E-state index in [9.17, 15) is 4.79 Å². The summed E-state index contributed by atoms with van der Waals surface area (Å²) in [5, 5.41) is 9.44. The van der Waals surface area contributed by atoms with E-state index in [1.54, 1.807) is 24.3 Å². The number of hydrogen-bond acceptors (Lipinski definition) is 3. The summed E-state index contributed by atoms with van der Waals surface area (Å²) in [7, 11) is 0. The number of benzene rings is 1. The Balaban J connectivity index is 2.99. The second-order valence-electron chi connectivity index (χ2n) is 3.29. The molecule has 0 atom stereocenters. The van der Waals surface area contributed by atoms with Gasteiger partial charge in [-0.2, -0.15) is 0 Å². The molecule has 0 fully saturated rings. The Bertz CT molecular complexity index is 379. The molecule has 1 N–H and O–H groups in total. The van der Waals surface area contributed by atoms with Gasteiger partial charge in [0.2, 0.25) is 0 Å². The van der Waals surface area contributed by atoms with Gasteiger partial charge < -0.3 is 10.0 Å². The summed E-state index contributed by atoms with van der Waals surface area (Å²) in [4.78, 5) is 12.5. The summed E-state index contributed by atoms with van der Waals surface area (Å²) in [6.07, 6.45) is 2.49. The fourth-order valence-electron chi connectivity index (χ4n) is 1.44. The summed E-state index contributed by atoms with van der Waals surface area (Å²) < 4.78 is 0. The van der Waals surface area contributed by atoms with Crippen molar-refractivity contribution in [3.63, 3.8) is 0 Å². The summed E-state index contributed by atoms with van der Waals surface area (Å²) >= 11 is 6.06. The van der Waals surface area contributed by atoms with Crippen LogP contribution in [0.1, 0.15) is 10.4 Å². The van der Waals surface area contributed by atoms with Crippen LogP contribution < -0.4 is 4.90 Å². The lowest BCUT2D eigenvalue weighted by atomic mass is 10.2. The van der Waals surface area contributed by atoms with Crippen molar-refractivity contribution in [1.29, 1.82) is 0 Å². The van der Waals surface area contributed by atoms with Crippen molar-refractivity contribution in [2.45, 2.75) is 0 Å². The number of nitrogens with zero attached hydrogens (tertiary/aromatic N) is 1. The molecule has 0 spiro atoms. The third kappa shape index (κ3) is 3.08. The third-order valence-corrected chi connectivity index (χ3v) is 2.47. The zero-order chi connectivity index (χ0) is 12.0. The van der Waals surface area contributed by atoms with Gasteiger partial charge in [0.15, 0.2) is 0 Å². The van der Waals surface area contributed by atoms with Crippen LogP contribution in [0.25, 0.3) is 0 Å². The molecule has 0 aliphatic rings. The van der Waals surface area contributed by atoms with Crippen LogP contribution in [0, 0.1) is 0 Å². The zero-order valence-electron chi connectivity index (χ0n) is 8.90. The van der Waals surface area contributed by atoms with Gasteiger partial charge in [-0.25, -0.2) is 0 Å². The molecule has 1 aromatic carbocycles. The summed E-state index contributed by atoms with van der Waals surface area (Å²) in [6, 6.07) is 5.07. The van der Waals surface area contributed by atoms with E-state index in [2.05, 4.69) is 6.58 Å². The number of carbonyl (C=O) groups excluding carboxylic acids is 1. The van der Waals surface area contributed by atoms with Crippen molar-refractivity contribution in [2.75, 3.05) is 24.6 Å². The number of aliphatic hydroxyl groups excluding tert-OH is 1. The van der Waals surface area contributed by atoms with E-state index in [-0.39, 0.29) is 6.61 Å². The Morgan fingerprint density at radius 3 is 2.75 bits per heavy atom. The van der Waals surface area contributed by atoms with E-state index >= 15 is 0 Å². The van der Waals surface area contributed by atoms with Gasteiger partial charge in [-0.15, -0.1) is 6.58 Å². The van der Waals surface area contributed by atoms with Crippen LogP contribution in [-0.2, 0) is 0 Å². The quantitative estimate of drug-likeness (QED) is 0.611. The molecule has 0 heterocycles. The van der Waals surface area contributed by atoms with Crippen molar-refractivity contribution in [3.8, 4) is 0 Å². The van der Waals surface area contributed by atoms with Gasteiger partial charge in [-0.3, -0.25) is 4.79 Å². The second kappa shape index (κ2) is 6.30. The summed E-state index contributed by atoms with van der Waals surface area (Å²) in [6.45, 7) is 4.77. The molecule has 0 unspecified atom stereocenters. The third-order valence-electron chi connectivity index (χ3n) is 2.17. The Kier molecular flexibility index (Phi) is 5.02. The lowest BCUT2D eigenvalue weighted by Gasteiger charge is -2.23. The topological polar surface area (TPSA) is 40.5 Å². The van der Waals surface area contributed by atoms with Crippen molar-refractivity contribution < 1.29 is 9.90 Å². The smallest absolute Gasteiger partial charge is 0.150 e. The highest BCUT2D eigenvalue weighted by Crippen LogP contribution is 2.26. The Morgan fingerprint density at radius 2 is 2.25 bits per heavy atom. The SMILES string of the molecule is C=CCN(CCO)c1ccc(C=O)cc1Cl. The lowest BCUT2D eigenvalue weighted by Crippen LogP contribution is -2.26. The number of rotatable bonds is 6. The Hall–Kier alpha value is -1.32. The first-order valence-electron chi connectivity index (χ1n) is 4.94. The molecule has 0 saturated heterocycles. The highest BCUT2D eigenvalue weighted by molar-refractivity contribution is 6.33. The normalized spacial score (nSPS) is 9.88. The molecular formula is C12H14ClNO2. The first-order chi connectivity index (χ1) is 7.72. The molecule has 0 aromatic heterocycles. The van der Waals surface area contributed by atoms with Crippen LogP contribution in [0.5, 0.6) is 0 Å². The molecule has 1 aromatic rings. The first kappa shape index (κ1) is 12.7. The van der Waals surface area contributed by atoms with Crippen molar-refractivity contribution in [1.82, 2.24) is 0 Å². The van der Waals surface area contributed by atoms with E-state index in [0.717, 1.165) is 12.0 Å². The molecule has 0 aliphatic heterocycles. The number of anilines is 1. The Labute approximate surface area is 100.0 Å². The van der Waals surface area contributed by atoms with Gasteiger partial charge in [-0.1, -0.05) is 17.7 Å². The Morgan fingerprint density at radius 1 is 1.50 bits per heavy atom. The van der Waals surface area contributed by atoms with Crippen LogP contribution in [0.15, 0.2) is 30.9 Å². The predicted molar refractivity (Wildman–Crippen MR) is 66.3 cm³/mol. The van der Waals surface area contributed by atoms with Gasteiger partial charge in [0.25, 0.3) is 0 Å². The van der Waals surface area contributed by atoms with Crippen molar-refractivity contribution >= 4 is 23.6 Å². The number of aldehydes is 1. The molecule has 86 valence electrons. The molecule has 1 rings (SSSR count). The van der Waals surface area contributed by atoms with Crippen LogP contribution in [0.2, 0.25) is 5.02 Å². The molecule has 0 saturated carbocycles. The van der Waals surface area contributed by atoms with E-state index in [1.807, 2.05) is 4.90 Å². The summed E-state index contributed by atoms with van der Waals surface area (Å²) in [5.74, 6) is 0. The van der Waals surface area contributed by atoms with Gasteiger partial charge in [0.05, 0.1) is 17.3 Å². The molecule has 0 bridgehead atoms. The maximum Gasteiger partial charge on any atom is 0.150 e. The van der Waals surface area contributed by atoms with E-state index in [4.69, 9.17) is 16.7 Å². The summed E-state index contributed by atoms with van der Waals surface area (Å²) in [5.41, 5.74) is 1.33. The maximum atomic E-state index is 10.6. The van der Waals surface area contributed by atoms with E-state index < -0.39 is 0 Å². The molecule has 16 heavy (non-hydrogen) atoms. The molecule has 3 nitrogen and oxygen atoms in total. The molecule has 0 radical (unpaired) electrons. The molecular weight excluding hydrogens is 226 g/mol. The molecule has 0 amide bonds.